The fraction of sp³-hybridized carbons (Fsp3) is 0.562. The first-order valence-corrected chi connectivity index (χ1v) is 8.52. The summed E-state index contributed by atoms with van der Waals surface area (Å²) in [6.07, 6.45) is 1.59. The standard InChI is InChI=1S/C16H25N3O2Si/c1-11(2)16(3,4)22-21-13(8-17)9-20-12-5-6-14-15(7-12)19-10-18-14/h5-7,10-11,13H,8-9,17H2,1-4H3,(H,18,19)/t13-/m0/s1. The number of nitrogens with two attached hydrogens (primary N) is 1. The van der Waals surface area contributed by atoms with Gasteiger partial charge in [0.1, 0.15) is 12.4 Å². The molecule has 1 heterocycles. The van der Waals surface area contributed by atoms with Crippen molar-refractivity contribution in [1.29, 1.82) is 0 Å². The van der Waals surface area contributed by atoms with Gasteiger partial charge in [-0.1, -0.05) is 27.7 Å². The van der Waals surface area contributed by atoms with Crippen LogP contribution in [0.5, 0.6) is 5.75 Å². The molecule has 0 saturated carbocycles. The van der Waals surface area contributed by atoms with Crippen LogP contribution < -0.4 is 10.5 Å². The number of fused-ring (bicyclic) bond motifs is 1. The van der Waals surface area contributed by atoms with E-state index in [0.29, 0.717) is 28.8 Å². The molecule has 0 saturated heterocycles. The van der Waals surface area contributed by atoms with Gasteiger partial charge in [-0.3, -0.25) is 0 Å². The lowest BCUT2D eigenvalue weighted by Gasteiger charge is -2.29. The van der Waals surface area contributed by atoms with Crippen LogP contribution in [0.4, 0.5) is 0 Å². The zero-order valence-corrected chi connectivity index (χ0v) is 14.7. The molecule has 0 amide bonds. The van der Waals surface area contributed by atoms with Crippen molar-refractivity contribution in [2.75, 3.05) is 13.2 Å². The van der Waals surface area contributed by atoms with Gasteiger partial charge < -0.3 is 19.9 Å². The van der Waals surface area contributed by atoms with Crippen LogP contribution in [0.25, 0.3) is 11.0 Å². The summed E-state index contributed by atoms with van der Waals surface area (Å²) in [5.74, 6) is 1.36. The minimum Gasteiger partial charge on any atom is -0.491 e. The van der Waals surface area contributed by atoms with Crippen molar-refractivity contribution in [2.45, 2.75) is 38.8 Å². The van der Waals surface area contributed by atoms with Gasteiger partial charge in [-0.15, -0.1) is 0 Å². The highest BCUT2D eigenvalue weighted by molar-refractivity contribution is 6.32. The highest BCUT2D eigenvalue weighted by Crippen LogP contribution is 2.33. The van der Waals surface area contributed by atoms with Crippen LogP contribution in [0.1, 0.15) is 27.7 Å². The molecule has 0 fully saturated rings. The van der Waals surface area contributed by atoms with E-state index in [1.807, 2.05) is 18.2 Å². The maximum atomic E-state index is 5.97. The fourth-order valence-corrected chi connectivity index (χ4v) is 2.57. The first-order valence-electron chi connectivity index (χ1n) is 7.61. The SMILES string of the molecule is CC(C)C(C)(C)[Si]O[C@@H](CN)COc1ccc2nc[nH]c2c1. The number of nitrogens with one attached hydrogen (secondary N) is 1. The molecule has 5 nitrogen and oxygen atoms in total. The molecule has 3 N–H and O–H groups in total. The second kappa shape index (κ2) is 7.26. The summed E-state index contributed by atoms with van der Waals surface area (Å²) in [7, 11) is 0.407. The Kier molecular flexibility index (Phi) is 5.61. The number of ether oxygens (including phenoxy) is 1. The van der Waals surface area contributed by atoms with Crippen LogP contribution in [0, 0.1) is 5.92 Å². The van der Waals surface area contributed by atoms with E-state index in [-0.39, 0.29) is 11.1 Å². The molecule has 0 aliphatic heterocycles. The van der Waals surface area contributed by atoms with Crippen LogP contribution in [0.2, 0.25) is 5.04 Å². The second-order valence-corrected chi connectivity index (χ2v) is 8.08. The zero-order chi connectivity index (χ0) is 16.2. The van der Waals surface area contributed by atoms with E-state index in [2.05, 4.69) is 37.7 Å². The number of imidazole rings is 1. The topological polar surface area (TPSA) is 73.2 Å². The summed E-state index contributed by atoms with van der Waals surface area (Å²) >= 11 is 0. The number of aromatic nitrogens is 2. The molecule has 1 aromatic carbocycles. The molecule has 0 aliphatic carbocycles. The van der Waals surface area contributed by atoms with Gasteiger partial charge in [0.2, 0.25) is 9.76 Å². The summed E-state index contributed by atoms with van der Waals surface area (Å²) in [6, 6.07) is 5.79. The molecule has 0 aliphatic rings. The minimum atomic E-state index is -0.0891. The number of benzene rings is 1. The summed E-state index contributed by atoms with van der Waals surface area (Å²) in [5, 5.41) is 0.155. The van der Waals surface area contributed by atoms with E-state index in [9.17, 15) is 0 Å². The lowest BCUT2D eigenvalue weighted by molar-refractivity contribution is 0.132. The number of nitrogens with zero attached hydrogens (tertiary/aromatic N) is 1. The number of H-pyrrole nitrogens is 1. The van der Waals surface area contributed by atoms with Gasteiger partial charge in [-0.25, -0.2) is 4.98 Å². The Morgan fingerprint density at radius 2 is 2.14 bits per heavy atom. The molecule has 6 heteroatoms. The number of hydrogen-bond donors (Lipinski definition) is 2. The largest absolute Gasteiger partial charge is 0.491 e. The summed E-state index contributed by atoms with van der Waals surface area (Å²) in [6.45, 7) is 9.77. The van der Waals surface area contributed by atoms with Crippen LogP contribution in [-0.4, -0.2) is 39.0 Å². The smallest absolute Gasteiger partial charge is 0.236 e. The molecule has 0 unspecified atom stereocenters. The molecule has 1 atom stereocenters. The predicted molar refractivity (Wildman–Crippen MR) is 90.1 cm³/mol. The van der Waals surface area contributed by atoms with E-state index in [0.717, 1.165) is 16.8 Å². The summed E-state index contributed by atoms with van der Waals surface area (Å²) in [5.41, 5.74) is 7.69. The van der Waals surface area contributed by atoms with Crippen molar-refractivity contribution in [2.24, 2.45) is 11.7 Å². The third-order valence-corrected chi connectivity index (χ3v) is 5.58. The molecule has 120 valence electrons. The van der Waals surface area contributed by atoms with Gasteiger partial charge in [-0.05, 0) is 23.1 Å². The van der Waals surface area contributed by atoms with E-state index >= 15 is 0 Å². The molecule has 0 bridgehead atoms. The molecule has 2 radical (unpaired) electrons. The van der Waals surface area contributed by atoms with E-state index in [4.69, 9.17) is 14.9 Å². The Bertz CT molecular complexity index is 598. The second-order valence-electron chi connectivity index (χ2n) is 6.35. The van der Waals surface area contributed by atoms with Crippen molar-refractivity contribution < 1.29 is 9.16 Å². The summed E-state index contributed by atoms with van der Waals surface area (Å²) < 4.78 is 11.8. The van der Waals surface area contributed by atoms with Gasteiger partial charge in [0.05, 0.1) is 23.5 Å². The Morgan fingerprint density at radius 3 is 2.82 bits per heavy atom. The van der Waals surface area contributed by atoms with E-state index < -0.39 is 0 Å². The zero-order valence-electron chi connectivity index (χ0n) is 13.7. The average Bonchev–Trinajstić information content (AvgIpc) is 2.94. The molecular formula is C16H25N3O2Si. The fourth-order valence-electron chi connectivity index (χ4n) is 1.70. The third-order valence-electron chi connectivity index (χ3n) is 4.02. The van der Waals surface area contributed by atoms with Crippen molar-refractivity contribution in [3.8, 4) is 5.75 Å². The van der Waals surface area contributed by atoms with E-state index in [1.165, 1.54) is 0 Å². The molecular weight excluding hydrogens is 294 g/mol. The molecule has 2 aromatic rings. The van der Waals surface area contributed by atoms with Gasteiger partial charge >= 0.3 is 0 Å². The summed E-state index contributed by atoms with van der Waals surface area (Å²) in [4.78, 5) is 7.26. The predicted octanol–water partition coefficient (Wildman–Crippen LogP) is 2.76. The van der Waals surface area contributed by atoms with Crippen molar-refractivity contribution in [3.63, 3.8) is 0 Å². The lowest BCUT2D eigenvalue weighted by Crippen LogP contribution is -2.35. The monoisotopic (exact) mass is 319 g/mol. The Balaban J connectivity index is 1.87. The Labute approximate surface area is 134 Å². The number of hydrogen-bond acceptors (Lipinski definition) is 4. The van der Waals surface area contributed by atoms with Crippen LogP contribution in [-0.2, 0) is 4.43 Å². The average molecular weight is 319 g/mol. The van der Waals surface area contributed by atoms with Crippen LogP contribution in [0.3, 0.4) is 0 Å². The Hall–Kier alpha value is -1.37. The molecule has 0 spiro atoms. The maximum absolute atomic E-state index is 5.97. The van der Waals surface area contributed by atoms with Gasteiger partial charge in [0.25, 0.3) is 0 Å². The van der Waals surface area contributed by atoms with Gasteiger partial charge in [0, 0.05) is 12.6 Å². The van der Waals surface area contributed by atoms with Crippen molar-refractivity contribution in [1.82, 2.24) is 9.97 Å². The Morgan fingerprint density at radius 1 is 1.36 bits per heavy atom. The van der Waals surface area contributed by atoms with Crippen molar-refractivity contribution in [3.05, 3.63) is 24.5 Å². The maximum Gasteiger partial charge on any atom is 0.236 e. The normalized spacial score (nSPS) is 13.7. The van der Waals surface area contributed by atoms with Gasteiger partial charge in [-0.2, -0.15) is 0 Å². The third kappa shape index (κ3) is 4.31. The first kappa shape index (κ1) is 17.0. The van der Waals surface area contributed by atoms with Crippen LogP contribution in [0.15, 0.2) is 24.5 Å². The van der Waals surface area contributed by atoms with Gasteiger partial charge in [0.15, 0.2) is 0 Å². The molecule has 1 aromatic heterocycles. The highest BCUT2D eigenvalue weighted by atomic mass is 28.2. The number of aromatic amines is 1. The van der Waals surface area contributed by atoms with Crippen molar-refractivity contribution >= 4 is 20.8 Å². The number of rotatable bonds is 8. The minimum absolute atomic E-state index is 0.0891. The van der Waals surface area contributed by atoms with Crippen LogP contribution >= 0.6 is 0 Å². The molecule has 2 rings (SSSR count). The highest BCUT2D eigenvalue weighted by Gasteiger charge is 2.26. The van der Waals surface area contributed by atoms with E-state index in [1.54, 1.807) is 6.33 Å². The molecule has 22 heavy (non-hydrogen) atoms. The first-order chi connectivity index (χ1) is 10.4. The quantitative estimate of drug-likeness (QED) is 0.734. The lowest BCUT2D eigenvalue weighted by atomic mass is 9.99.